The van der Waals surface area contributed by atoms with Gasteiger partial charge in [0, 0.05) is 17.4 Å². The zero-order valence-corrected chi connectivity index (χ0v) is 14.2. The summed E-state index contributed by atoms with van der Waals surface area (Å²) in [6, 6.07) is 13.0. The fourth-order valence-corrected chi connectivity index (χ4v) is 2.97. The van der Waals surface area contributed by atoms with Gasteiger partial charge < -0.3 is 4.98 Å². The first-order valence-electron chi connectivity index (χ1n) is 8.43. The van der Waals surface area contributed by atoms with Gasteiger partial charge in [-0.05, 0) is 24.6 Å². The first-order valence-corrected chi connectivity index (χ1v) is 8.43. The number of carbonyl (C=O) groups excluding carboxylic acids is 1. The zero-order valence-electron chi connectivity index (χ0n) is 14.2. The number of nitrogens with one attached hydrogen (secondary N) is 3. The van der Waals surface area contributed by atoms with Gasteiger partial charge in [-0.2, -0.15) is 5.10 Å². The number of carbonyl (C=O) groups is 1. The number of nitrogens with zero attached hydrogens (tertiary/aromatic N) is 2. The molecule has 0 bridgehead atoms. The number of hydrogen-bond donors (Lipinski definition) is 3. The zero-order chi connectivity index (χ0) is 18.1. The largest absolute Gasteiger partial charge is 0.324 e. The molecule has 26 heavy (non-hydrogen) atoms. The molecule has 4 aromatic rings. The maximum absolute atomic E-state index is 12.0. The van der Waals surface area contributed by atoms with Crippen LogP contribution in [-0.4, -0.2) is 26.1 Å². The summed E-state index contributed by atoms with van der Waals surface area (Å²) < 4.78 is 0. The molecule has 4 rings (SSSR count). The van der Waals surface area contributed by atoms with Crippen LogP contribution in [0.25, 0.3) is 33.1 Å². The van der Waals surface area contributed by atoms with Crippen molar-refractivity contribution in [3.05, 3.63) is 52.8 Å². The third-order valence-electron chi connectivity index (χ3n) is 4.19. The Morgan fingerprint density at radius 3 is 2.77 bits per heavy atom. The van der Waals surface area contributed by atoms with E-state index in [1.807, 2.05) is 43.3 Å². The normalized spacial score (nSPS) is 11.1. The third-order valence-corrected chi connectivity index (χ3v) is 4.19. The van der Waals surface area contributed by atoms with E-state index in [2.05, 4.69) is 25.5 Å². The average molecular weight is 347 g/mol. The van der Waals surface area contributed by atoms with Gasteiger partial charge in [0.25, 0.3) is 5.56 Å². The monoisotopic (exact) mass is 347 g/mol. The van der Waals surface area contributed by atoms with Crippen molar-refractivity contribution in [3.8, 4) is 11.3 Å². The van der Waals surface area contributed by atoms with E-state index in [9.17, 15) is 9.59 Å². The smallest absolute Gasteiger partial charge is 0.272 e. The Balaban J connectivity index is 1.78. The van der Waals surface area contributed by atoms with Crippen LogP contribution in [0.2, 0.25) is 0 Å². The summed E-state index contributed by atoms with van der Waals surface area (Å²) in [6.45, 7) is 1.95. The van der Waals surface area contributed by atoms with Crippen LogP contribution in [0.5, 0.6) is 0 Å². The number of amides is 1. The summed E-state index contributed by atoms with van der Waals surface area (Å²) in [5.74, 6) is 0.356. The Kier molecular flexibility index (Phi) is 3.96. The van der Waals surface area contributed by atoms with Crippen molar-refractivity contribution in [2.24, 2.45) is 0 Å². The lowest BCUT2D eigenvalue weighted by atomic mass is 10.0. The van der Waals surface area contributed by atoms with Crippen molar-refractivity contribution in [1.82, 2.24) is 20.2 Å². The second kappa shape index (κ2) is 6.44. The maximum Gasteiger partial charge on any atom is 0.272 e. The van der Waals surface area contributed by atoms with Crippen LogP contribution in [0, 0.1) is 0 Å². The molecule has 2 heterocycles. The molecule has 130 valence electrons. The highest BCUT2D eigenvalue weighted by Crippen LogP contribution is 2.27. The van der Waals surface area contributed by atoms with E-state index in [4.69, 9.17) is 0 Å². The van der Waals surface area contributed by atoms with Crippen LogP contribution in [0.1, 0.15) is 19.8 Å². The van der Waals surface area contributed by atoms with Gasteiger partial charge in [0.2, 0.25) is 11.9 Å². The van der Waals surface area contributed by atoms with E-state index in [0.717, 1.165) is 28.4 Å². The molecule has 0 fully saturated rings. The van der Waals surface area contributed by atoms with Crippen LogP contribution in [0.3, 0.4) is 0 Å². The van der Waals surface area contributed by atoms with Crippen molar-refractivity contribution < 1.29 is 4.79 Å². The quantitative estimate of drug-likeness (QED) is 0.527. The minimum absolute atomic E-state index is 0.0694. The summed E-state index contributed by atoms with van der Waals surface area (Å²) in [5, 5.41) is 10.9. The minimum Gasteiger partial charge on any atom is -0.324 e. The third kappa shape index (κ3) is 2.83. The number of benzene rings is 2. The minimum atomic E-state index is -0.215. The first-order chi connectivity index (χ1) is 12.7. The van der Waals surface area contributed by atoms with Gasteiger partial charge in [0.1, 0.15) is 0 Å². The van der Waals surface area contributed by atoms with E-state index < -0.39 is 0 Å². The van der Waals surface area contributed by atoms with Gasteiger partial charge in [-0.1, -0.05) is 31.2 Å². The number of imidazole rings is 1. The molecule has 7 heteroatoms. The lowest BCUT2D eigenvalue weighted by molar-refractivity contribution is -0.116. The second-order valence-electron chi connectivity index (χ2n) is 6.06. The Hall–Kier alpha value is -3.48. The van der Waals surface area contributed by atoms with Crippen molar-refractivity contribution in [2.45, 2.75) is 19.8 Å². The van der Waals surface area contributed by atoms with Crippen molar-refractivity contribution in [2.75, 3.05) is 5.32 Å². The van der Waals surface area contributed by atoms with Crippen molar-refractivity contribution in [1.29, 1.82) is 0 Å². The highest BCUT2D eigenvalue weighted by atomic mass is 16.1. The molecular weight excluding hydrogens is 330 g/mol. The van der Waals surface area contributed by atoms with Gasteiger partial charge in [-0.15, -0.1) is 0 Å². The molecule has 2 aromatic carbocycles. The Morgan fingerprint density at radius 2 is 1.96 bits per heavy atom. The van der Waals surface area contributed by atoms with Gasteiger partial charge in [-0.3, -0.25) is 14.9 Å². The highest BCUT2D eigenvalue weighted by Gasteiger charge is 2.11. The SMILES string of the molecule is CCCC(=O)Nc1nc2ccc(-c3n[nH]c(=O)c4ccccc34)cc2[nH]1. The molecule has 0 radical (unpaired) electrons. The standard InChI is InChI=1S/C19H17N5O2/c1-2-5-16(25)22-19-20-14-9-8-11(10-15(14)21-19)17-12-6-3-4-7-13(12)18(26)24-23-17/h3-4,6-10H,2,5H2,1H3,(H,24,26)(H2,20,21,22,25). The number of fused-ring (bicyclic) bond motifs is 2. The Labute approximate surface area is 148 Å². The first kappa shape index (κ1) is 16.0. The predicted molar refractivity (Wildman–Crippen MR) is 101 cm³/mol. The second-order valence-corrected chi connectivity index (χ2v) is 6.06. The van der Waals surface area contributed by atoms with Crippen LogP contribution < -0.4 is 10.9 Å². The van der Waals surface area contributed by atoms with E-state index in [0.29, 0.717) is 23.4 Å². The molecule has 0 aliphatic rings. The molecule has 3 N–H and O–H groups in total. The number of rotatable bonds is 4. The van der Waals surface area contributed by atoms with E-state index in [1.165, 1.54) is 0 Å². The molecular formula is C19H17N5O2. The van der Waals surface area contributed by atoms with Crippen LogP contribution >= 0.6 is 0 Å². The molecule has 1 amide bonds. The molecule has 0 aliphatic carbocycles. The van der Waals surface area contributed by atoms with E-state index in [-0.39, 0.29) is 11.5 Å². The molecule has 2 aromatic heterocycles. The van der Waals surface area contributed by atoms with Gasteiger partial charge >= 0.3 is 0 Å². The van der Waals surface area contributed by atoms with Crippen LogP contribution in [0.15, 0.2) is 47.3 Å². The summed E-state index contributed by atoms with van der Waals surface area (Å²) in [7, 11) is 0. The lowest BCUT2D eigenvalue weighted by Crippen LogP contribution is -2.11. The Morgan fingerprint density at radius 1 is 1.15 bits per heavy atom. The number of hydrogen-bond acceptors (Lipinski definition) is 4. The molecule has 0 unspecified atom stereocenters. The van der Waals surface area contributed by atoms with Gasteiger partial charge in [-0.25, -0.2) is 10.1 Å². The fourth-order valence-electron chi connectivity index (χ4n) is 2.97. The molecule has 0 atom stereocenters. The van der Waals surface area contributed by atoms with Crippen LogP contribution in [-0.2, 0) is 4.79 Å². The van der Waals surface area contributed by atoms with Gasteiger partial charge in [0.05, 0.1) is 22.1 Å². The number of H-pyrrole nitrogens is 2. The molecule has 0 aliphatic heterocycles. The van der Waals surface area contributed by atoms with Crippen molar-refractivity contribution >= 4 is 33.7 Å². The summed E-state index contributed by atoms with van der Waals surface area (Å²) in [5.41, 5.74) is 2.85. The molecule has 7 nitrogen and oxygen atoms in total. The number of aromatic amines is 2. The highest BCUT2D eigenvalue weighted by molar-refractivity contribution is 5.96. The lowest BCUT2D eigenvalue weighted by Gasteiger charge is -2.04. The summed E-state index contributed by atoms with van der Waals surface area (Å²) in [4.78, 5) is 31.2. The summed E-state index contributed by atoms with van der Waals surface area (Å²) >= 11 is 0. The Bertz CT molecular complexity index is 1180. The molecule has 0 saturated heterocycles. The average Bonchev–Trinajstić information content (AvgIpc) is 3.03. The van der Waals surface area contributed by atoms with Gasteiger partial charge in [0.15, 0.2) is 0 Å². The topological polar surface area (TPSA) is 104 Å². The van der Waals surface area contributed by atoms with E-state index >= 15 is 0 Å². The predicted octanol–water partition coefficient (Wildman–Crippen LogP) is 3.21. The summed E-state index contributed by atoms with van der Waals surface area (Å²) in [6.07, 6.45) is 1.23. The number of aromatic nitrogens is 4. The van der Waals surface area contributed by atoms with Crippen molar-refractivity contribution in [3.63, 3.8) is 0 Å². The van der Waals surface area contributed by atoms with E-state index in [1.54, 1.807) is 6.07 Å². The maximum atomic E-state index is 12.0. The molecule has 0 saturated carbocycles. The fraction of sp³-hybridized carbons (Fsp3) is 0.158. The van der Waals surface area contributed by atoms with Crippen LogP contribution in [0.4, 0.5) is 5.95 Å². The number of anilines is 1. The molecule has 0 spiro atoms.